The summed E-state index contributed by atoms with van der Waals surface area (Å²) >= 11 is 0. The molecule has 6 nitrogen and oxygen atoms in total. The molecule has 1 N–H and O–H groups in total. The van der Waals surface area contributed by atoms with E-state index in [2.05, 4.69) is 52.5 Å². The van der Waals surface area contributed by atoms with Gasteiger partial charge in [-0.15, -0.1) is 0 Å². The molecule has 174 valence electrons. The average Bonchev–Trinajstić information content (AvgIpc) is 3.26. The predicted octanol–water partition coefficient (Wildman–Crippen LogP) is 3.90. The van der Waals surface area contributed by atoms with E-state index in [1.54, 1.807) is 7.11 Å². The fraction of sp³-hybridized carbons (Fsp3) is 0.444. The molecule has 2 aliphatic heterocycles. The van der Waals surface area contributed by atoms with Gasteiger partial charge in [0.25, 0.3) is 0 Å². The van der Waals surface area contributed by atoms with Gasteiger partial charge in [0.05, 0.1) is 18.3 Å². The van der Waals surface area contributed by atoms with Crippen LogP contribution in [0.4, 0.5) is 5.69 Å². The van der Waals surface area contributed by atoms with E-state index in [9.17, 15) is 0 Å². The molecule has 3 aromatic rings. The number of piperidine rings is 1. The van der Waals surface area contributed by atoms with Crippen LogP contribution in [0.15, 0.2) is 48.5 Å². The van der Waals surface area contributed by atoms with Crippen molar-refractivity contribution in [2.75, 3.05) is 65.4 Å². The number of hydrogen-bond donors (Lipinski definition) is 1. The van der Waals surface area contributed by atoms with Crippen LogP contribution in [-0.4, -0.2) is 70.4 Å². The van der Waals surface area contributed by atoms with Gasteiger partial charge in [0.2, 0.25) is 0 Å². The molecule has 1 aromatic heterocycles. The lowest BCUT2D eigenvalue weighted by molar-refractivity contribution is 0.178. The first-order valence-electron chi connectivity index (χ1n) is 11.9. The zero-order chi connectivity index (χ0) is 22.8. The number of ether oxygens (including phenoxy) is 2. The van der Waals surface area contributed by atoms with E-state index in [1.807, 2.05) is 25.2 Å². The first-order chi connectivity index (χ1) is 16.1. The van der Waals surface area contributed by atoms with Crippen LogP contribution in [-0.2, 0) is 0 Å². The van der Waals surface area contributed by atoms with Crippen LogP contribution in [0, 0.1) is 11.8 Å². The van der Waals surface area contributed by atoms with E-state index in [0.717, 1.165) is 59.7 Å². The molecule has 2 aromatic carbocycles. The molecule has 5 rings (SSSR count). The second kappa shape index (κ2) is 9.57. The first-order valence-corrected chi connectivity index (χ1v) is 11.9. The third-order valence-electron chi connectivity index (χ3n) is 7.11. The standard InChI is InChI=1S/C27H34N4O2/c1-28-11-13-33-22-6-4-19(5-7-22)25-15-27(24-9-8-23(32-3)14-26(24)29-25)31-17-20-10-12-30(2)16-21(20)18-31/h4-9,14-15,20-21,28H,10-13,16-18H2,1-3H3. The Hall–Kier alpha value is -2.83. The molecular formula is C27H34N4O2. The number of rotatable bonds is 7. The number of hydrogen-bond acceptors (Lipinski definition) is 6. The number of anilines is 1. The summed E-state index contributed by atoms with van der Waals surface area (Å²) in [6.45, 7) is 6.11. The number of nitrogens with one attached hydrogen (secondary N) is 1. The van der Waals surface area contributed by atoms with Gasteiger partial charge < -0.3 is 24.6 Å². The van der Waals surface area contributed by atoms with Gasteiger partial charge in [0, 0.05) is 48.9 Å². The van der Waals surface area contributed by atoms with Crippen molar-refractivity contribution in [1.82, 2.24) is 15.2 Å². The molecule has 0 radical (unpaired) electrons. The molecule has 33 heavy (non-hydrogen) atoms. The van der Waals surface area contributed by atoms with Crippen LogP contribution >= 0.6 is 0 Å². The molecule has 0 saturated carbocycles. The Morgan fingerprint density at radius 1 is 1.00 bits per heavy atom. The van der Waals surface area contributed by atoms with Crippen molar-refractivity contribution < 1.29 is 9.47 Å². The van der Waals surface area contributed by atoms with Crippen molar-refractivity contribution in [1.29, 1.82) is 0 Å². The number of nitrogens with zero attached hydrogens (tertiary/aromatic N) is 3. The monoisotopic (exact) mass is 446 g/mol. The van der Waals surface area contributed by atoms with Gasteiger partial charge in [-0.05, 0) is 81.4 Å². The summed E-state index contributed by atoms with van der Waals surface area (Å²) in [4.78, 5) is 10.1. The van der Waals surface area contributed by atoms with Gasteiger partial charge in [-0.25, -0.2) is 4.98 Å². The van der Waals surface area contributed by atoms with Gasteiger partial charge in [0.1, 0.15) is 18.1 Å². The molecule has 0 amide bonds. The topological polar surface area (TPSA) is 49.9 Å². The summed E-state index contributed by atoms with van der Waals surface area (Å²) in [5, 5.41) is 4.30. The molecule has 2 aliphatic rings. The Kier molecular flexibility index (Phi) is 6.38. The largest absolute Gasteiger partial charge is 0.497 e. The highest BCUT2D eigenvalue weighted by Gasteiger charge is 2.36. The number of aromatic nitrogens is 1. The van der Waals surface area contributed by atoms with E-state index >= 15 is 0 Å². The smallest absolute Gasteiger partial charge is 0.121 e. The summed E-state index contributed by atoms with van der Waals surface area (Å²) in [5.74, 6) is 3.23. The number of likely N-dealkylation sites (N-methyl/N-ethyl adjacent to an activating group) is 1. The van der Waals surface area contributed by atoms with E-state index in [1.165, 1.54) is 30.6 Å². The summed E-state index contributed by atoms with van der Waals surface area (Å²) in [6.07, 6.45) is 1.29. The lowest BCUT2D eigenvalue weighted by Crippen LogP contribution is -2.37. The summed E-state index contributed by atoms with van der Waals surface area (Å²) in [7, 11) is 5.88. The maximum atomic E-state index is 5.79. The molecule has 0 bridgehead atoms. The highest BCUT2D eigenvalue weighted by molar-refractivity contribution is 5.95. The van der Waals surface area contributed by atoms with E-state index in [4.69, 9.17) is 14.5 Å². The van der Waals surface area contributed by atoms with Gasteiger partial charge in [0.15, 0.2) is 0 Å². The van der Waals surface area contributed by atoms with Crippen LogP contribution in [0.2, 0.25) is 0 Å². The third-order valence-corrected chi connectivity index (χ3v) is 7.11. The zero-order valence-corrected chi connectivity index (χ0v) is 19.9. The Bertz CT molecular complexity index is 1100. The molecule has 2 saturated heterocycles. The Labute approximate surface area is 196 Å². The number of benzene rings is 2. The molecule has 2 fully saturated rings. The molecular weight excluding hydrogens is 412 g/mol. The van der Waals surface area contributed by atoms with Crippen LogP contribution < -0.4 is 19.7 Å². The van der Waals surface area contributed by atoms with E-state index < -0.39 is 0 Å². The van der Waals surface area contributed by atoms with Crippen molar-refractivity contribution in [2.45, 2.75) is 6.42 Å². The Morgan fingerprint density at radius 3 is 2.58 bits per heavy atom. The van der Waals surface area contributed by atoms with Crippen LogP contribution in [0.5, 0.6) is 11.5 Å². The van der Waals surface area contributed by atoms with Gasteiger partial charge in [-0.2, -0.15) is 0 Å². The van der Waals surface area contributed by atoms with Crippen molar-refractivity contribution in [3.63, 3.8) is 0 Å². The van der Waals surface area contributed by atoms with Crippen molar-refractivity contribution in [3.05, 3.63) is 48.5 Å². The van der Waals surface area contributed by atoms with Gasteiger partial charge in [-0.1, -0.05) is 0 Å². The molecule has 0 aliphatic carbocycles. The molecule has 0 spiro atoms. The highest BCUT2D eigenvalue weighted by Crippen LogP contribution is 2.39. The van der Waals surface area contributed by atoms with Gasteiger partial charge in [-0.3, -0.25) is 0 Å². The number of methoxy groups -OCH3 is 1. The molecule has 2 unspecified atom stereocenters. The summed E-state index contributed by atoms with van der Waals surface area (Å²) < 4.78 is 11.3. The molecule has 6 heteroatoms. The number of pyridine rings is 1. The maximum Gasteiger partial charge on any atom is 0.121 e. The number of likely N-dealkylation sites (tertiary alicyclic amines) is 1. The second-order valence-electron chi connectivity index (χ2n) is 9.36. The lowest BCUT2D eigenvalue weighted by Gasteiger charge is -2.31. The quantitative estimate of drug-likeness (QED) is 0.556. The normalized spacial score (nSPS) is 20.8. The summed E-state index contributed by atoms with van der Waals surface area (Å²) in [6, 6.07) is 16.8. The maximum absolute atomic E-state index is 5.79. The minimum atomic E-state index is 0.653. The number of fused-ring (bicyclic) bond motifs is 2. The predicted molar refractivity (Wildman–Crippen MR) is 134 cm³/mol. The SMILES string of the molecule is CNCCOc1ccc(-c2cc(N3CC4CCN(C)CC4C3)c3ccc(OC)cc3n2)cc1. The van der Waals surface area contributed by atoms with Crippen LogP contribution in [0.1, 0.15) is 6.42 Å². The fourth-order valence-corrected chi connectivity index (χ4v) is 5.27. The van der Waals surface area contributed by atoms with E-state index in [-0.39, 0.29) is 0 Å². The van der Waals surface area contributed by atoms with Crippen molar-refractivity contribution in [2.24, 2.45) is 11.8 Å². The lowest BCUT2D eigenvalue weighted by atomic mass is 9.89. The third kappa shape index (κ3) is 4.63. The highest BCUT2D eigenvalue weighted by atomic mass is 16.5. The average molecular weight is 447 g/mol. The Balaban J connectivity index is 1.49. The van der Waals surface area contributed by atoms with Crippen LogP contribution in [0.25, 0.3) is 22.2 Å². The minimum Gasteiger partial charge on any atom is -0.497 e. The van der Waals surface area contributed by atoms with Crippen LogP contribution in [0.3, 0.4) is 0 Å². The van der Waals surface area contributed by atoms with Crippen molar-refractivity contribution >= 4 is 16.6 Å². The van der Waals surface area contributed by atoms with E-state index in [0.29, 0.717) is 6.61 Å². The Morgan fingerprint density at radius 2 is 1.79 bits per heavy atom. The molecule has 2 atom stereocenters. The van der Waals surface area contributed by atoms with Gasteiger partial charge >= 0.3 is 0 Å². The first kappa shape index (κ1) is 22.0. The molecule has 3 heterocycles. The second-order valence-corrected chi connectivity index (χ2v) is 9.36. The van der Waals surface area contributed by atoms with Crippen molar-refractivity contribution in [3.8, 4) is 22.8 Å². The summed E-state index contributed by atoms with van der Waals surface area (Å²) in [5.41, 5.74) is 4.34. The fourth-order valence-electron chi connectivity index (χ4n) is 5.27. The zero-order valence-electron chi connectivity index (χ0n) is 19.9. The minimum absolute atomic E-state index is 0.653.